The van der Waals surface area contributed by atoms with Crippen LogP contribution in [0.3, 0.4) is 0 Å². The largest absolute Gasteiger partial charge is 0.608 e. The number of urea groups is 1. The molecule has 35 heavy (non-hydrogen) atoms. The van der Waals surface area contributed by atoms with Crippen LogP contribution in [0.1, 0.15) is 59.3 Å². The Morgan fingerprint density at radius 3 is 2.29 bits per heavy atom. The first-order valence-corrected chi connectivity index (χ1v) is 13.8. The first-order valence-electron chi connectivity index (χ1n) is 12.3. The Bertz CT molecular complexity index is 1230. The molecule has 1 saturated heterocycles. The minimum Gasteiger partial charge on any atom is -0.608 e. The zero-order chi connectivity index (χ0) is 24.9. The van der Waals surface area contributed by atoms with Gasteiger partial charge in [-0.15, -0.1) is 0 Å². The van der Waals surface area contributed by atoms with Crippen molar-refractivity contribution in [3.63, 3.8) is 0 Å². The number of carbonyl (C=O) groups is 1. The van der Waals surface area contributed by atoms with E-state index in [1.54, 1.807) is 25.6 Å². The maximum absolute atomic E-state index is 13.8. The highest BCUT2D eigenvalue weighted by Crippen LogP contribution is 2.38. The topological polar surface area (TPSA) is 121 Å². The van der Waals surface area contributed by atoms with E-state index in [1.165, 1.54) is 11.1 Å². The lowest BCUT2D eigenvalue weighted by Crippen LogP contribution is -3.14. The number of ether oxygens (including phenoxy) is 1. The average Bonchev–Trinajstić information content (AvgIpc) is 3.55. The van der Waals surface area contributed by atoms with Crippen molar-refractivity contribution in [1.29, 1.82) is 0 Å². The van der Waals surface area contributed by atoms with E-state index in [0.717, 1.165) is 54.0 Å². The normalized spacial score (nSPS) is 18.9. The molecule has 2 amide bonds. The molecule has 0 radical (unpaired) electrons. The standard InChI is InChI=1S/C24H33N5O5S/c1-15-23(16(2)27(3)26-15)28(19-10-12-34-13-11-19)35(32,33)29(31)24(30)25-22-20-8-4-6-17(20)14-18-7-5-9-21(18)22/h14,19,29H,4-13H2,1-3H3,(H,25,30). The zero-order valence-corrected chi connectivity index (χ0v) is 21.3. The van der Waals surface area contributed by atoms with Gasteiger partial charge in [0, 0.05) is 20.3 Å². The number of nitrogens with zero attached hydrogens (tertiary/aromatic N) is 3. The monoisotopic (exact) mass is 503 g/mol. The van der Waals surface area contributed by atoms with Crippen molar-refractivity contribution in [3.8, 4) is 0 Å². The van der Waals surface area contributed by atoms with Crippen molar-refractivity contribution in [2.45, 2.75) is 71.3 Å². The number of hydrogen-bond acceptors (Lipinski definition) is 6. The van der Waals surface area contributed by atoms with Gasteiger partial charge < -0.3 is 9.94 Å². The second-order valence-electron chi connectivity index (χ2n) is 9.76. The van der Waals surface area contributed by atoms with Crippen molar-refractivity contribution < 1.29 is 22.4 Å². The van der Waals surface area contributed by atoms with E-state index in [-0.39, 0.29) is 0 Å². The number of hydrogen-bond donors (Lipinski definition) is 2. The molecule has 190 valence electrons. The highest BCUT2D eigenvalue weighted by Gasteiger charge is 2.42. The molecule has 2 aliphatic carbocycles. The highest BCUT2D eigenvalue weighted by atomic mass is 32.2. The summed E-state index contributed by atoms with van der Waals surface area (Å²) in [4.78, 5) is 13.2. The van der Waals surface area contributed by atoms with Crippen LogP contribution in [0.4, 0.5) is 16.2 Å². The molecule has 1 aliphatic heterocycles. The van der Waals surface area contributed by atoms with Crippen molar-refractivity contribution in [1.82, 2.24) is 9.78 Å². The predicted octanol–water partition coefficient (Wildman–Crippen LogP) is 1.86. The summed E-state index contributed by atoms with van der Waals surface area (Å²) < 4.78 is 34.3. The minimum absolute atomic E-state index is 0.363. The van der Waals surface area contributed by atoms with E-state index >= 15 is 0 Å². The fourth-order valence-corrected chi connectivity index (χ4v) is 7.41. The van der Waals surface area contributed by atoms with Gasteiger partial charge in [-0.1, -0.05) is 6.07 Å². The lowest BCUT2D eigenvalue weighted by Gasteiger charge is -2.36. The van der Waals surface area contributed by atoms with E-state index in [9.17, 15) is 18.4 Å². The van der Waals surface area contributed by atoms with Gasteiger partial charge in [-0.25, -0.2) is 9.10 Å². The molecule has 1 fully saturated rings. The number of aromatic nitrogens is 2. The fourth-order valence-electron chi connectivity index (χ4n) is 5.84. The molecule has 1 atom stereocenters. The van der Waals surface area contributed by atoms with Crippen molar-refractivity contribution in [2.75, 3.05) is 22.8 Å². The summed E-state index contributed by atoms with van der Waals surface area (Å²) in [6.45, 7) is 4.25. The molecule has 3 aliphatic rings. The number of nitrogens with one attached hydrogen (secondary N) is 2. The molecule has 1 unspecified atom stereocenters. The smallest absolute Gasteiger partial charge is 0.436 e. The van der Waals surface area contributed by atoms with Gasteiger partial charge in [0.2, 0.25) is 0 Å². The zero-order valence-electron chi connectivity index (χ0n) is 20.5. The van der Waals surface area contributed by atoms with Crippen LogP contribution in [0.25, 0.3) is 0 Å². The van der Waals surface area contributed by atoms with Crippen LogP contribution in [0, 0.1) is 19.1 Å². The summed E-state index contributed by atoms with van der Waals surface area (Å²) >= 11 is 0. The molecule has 0 saturated carbocycles. The molecule has 2 heterocycles. The summed E-state index contributed by atoms with van der Waals surface area (Å²) in [5.74, 6) is 0. The van der Waals surface area contributed by atoms with Crippen LogP contribution in [-0.2, 0) is 47.7 Å². The Morgan fingerprint density at radius 2 is 1.74 bits per heavy atom. The number of aryl methyl sites for hydroxylation is 4. The Balaban J connectivity index is 1.50. The first-order chi connectivity index (χ1) is 16.7. The number of quaternary nitrogens is 1. The molecule has 2 N–H and O–H groups in total. The van der Waals surface area contributed by atoms with E-state index in [2.05, 4.69) is 16.5 Å². The maximum atomic E-state index is 13.8. The van der Waals surface area contributed by atoms with E-state index in [0.29, 0.717) is 48.8 Å². The number of rotatable bonds is 5. The Kier molecular flexibility index (Phi) is 6.37. The van der Waals surface area contributed by atoms with E-state index in [4.69, 9.17) is 4.74 Å². The van der Waals surface area contributed by atoms with Gasteiger partial charge in [0.15, 0.2) is 0 Å². The second kappa shape index (κ2) is 9.20. The predicted molar refractivity (Wildman–Crippen MR) is 132 cm³/mol. The Hall–Kier alpha value is -2.47. The molecule has 10 nitrogen and oxygen atoms in total. The average molecular weight is 504 g/mol. The van der Waals surface area contributed by atoms with Gasteiger partial charge in [-0.05, 0) is 87.5 Å². The maximum Gasteiger partial charge on any atom is 0.436 e. The number of carbonyl (C=O) groups excluding carboxylic acids is 1. The first kappa shape index (κ1) is 24.2. The number of benzene rings is 1. The Labute approximate surface area is 206 Å². The molecular formula is C24H33N5O5S. The van der Waals surface area contributed by atoms with Gasteiger partial charge in [-0.2, -0.15) is 18.0 Å². The van der Waals surface area contributed by atoms with Gasteiger partial charge in [0.1, 0.15) is 5.69 Å². The molecular weight excluding hydrogens is 470 g/mol. The lowest BCUT2D eigenvalue weighted by molar-refractivity contribution is -0.604. The van der Waals surface area contributed by atoms with Crippen LogP contribution in [-0.4, -0.2) is 43.5 Å². The third-order valence-electron chi connectivity index (χ3n) is 7.60. The van der Waals surface area contributed by atoms with Crippen LogP contribution >= 0.6 is 0 Å². The second-order valence-corrected chi connectivity index (χ2v) is 11.5. The van der Waals surface area contributed by atoms with E-state index < -0.39 is 26.8 Å². The minimum atomic E-state index is -4.66. The molecule has 1 aromatic heterocycles. The van der Waals surface area contributed by atoms with Gasteiger partial charge in [0.05, 0.1) is 23.1 Å². The quantitative estimate of drug-likeness (QED) is 0.601. The highest BCUT2D eigenvalue weighted by molar-refractivity contribution is 7.86. The van der Waals surface area contributed by atoms with E-state index in [1.807, 2.05) is 0 Å². The summed E-state index contributed by atoms with van der Waals surface area (Å²) in [7, 11) is -2.93. The molecule has 5 rings (SSSR count). The lowest BCUT2D eigenvalue weighted by atomic mass is 9.99. The SMILES string of the molecule is Cc1nn(C)c(C)c1N(C1CCOCC1)S(=O)(=O)[NH+]([O-])C(=O)Nc1c2c(cc3c1CCC3)CCC2. The van der Waals surface area contributed by atoms with Crippen molar-refractivity contribution in [2.24, 2.45) is 7.05 Å². The molecule has 1 aromatic carbocycles. The van der Waals surface area contributed by atoms with Crippen LogP contribution in [0.2, 0.25) is 0 Å². The third-order valence-corrected chi connectivity index (χ3v) is 9.26. The summed E-state index contributed by atoms with van der Waals surface area (Å²) in [6.07, 6.45) is 6.37. The summed E-state index contributed by atoms with van der Waals surface area (Å²) in [6, 6.07) is 0.632. The van der Waals surface area contributed by atoms with Crippen LogP contribution in [0.15, 0.2) is 6.07 Å². The number of fused-ring (bicyclic) bond motifs is 2. The van der Waals surface area contributed by atoms with Crippen molar-refractivity contribution >= 4 is 27.6 Å². The number of anilines is 2. The van der Waals surface area contributed by atoms with Gasteiger partial charge in [-0.3, -0.25) is 10.00 Å². The van der Waals surface area contributed by atoms with Crippen LogP contribution in [0.5, 0.6) is 0 Å². The Morgan fingerprint density at radius 1 is 1.14 bits per heavy atom. The molecule has 11 heteroatoms. The van der Waals surface area contributed by atoms with Gasteiger partial charge in [0.25, 0.3) is 0 Å². The third kappa shape index (κ3) is 4.14. The number of hydroxylamine groups is 1. The van der Waals surface area contributed by atoms with Crippen molar-refractivity contribution in [3.05, 3.63) is 44.9 Å². The van der Waals surface area contributed by atoms with Crippen LogP contribution < -0.4 is 14.1 Å². The van der Waals surface area contributed by atoms with Gasteiger partial charge >= 0.3 is 16.2 Å². The fraction of sp³-hybridized carbons (Fsp3) is 0.583. The number of amides is 2. The molecule has 0 bridgehead atoms. The summed E-state index contributed by atoms with van der Waals surface area (Å²) in [5.41, 5.74) is 6.61. The molecule has 0 spiro atoms. The summed E-state index contributed by atoms with van der Waals surface area (Å²) in [5, 5.41) is 20.5. The molecule has 2 aromatic rings.